The molecule has 0 amide bonds. The van der Waals surface area contributed by atoms with Gasteiger partial charge in [-0.15, -0.1) is 68.3 Å². The molecule has 0 aliphatic carbocycles. The van der Waals surface area contributed by atoms with Gasteiger partial charge in [-0.25, -0.2) is 0 Å². The standard InChI is InChI=1S/C37H36Si.2CH3.Hf/c1-7-38(6,30-20-28-16-10-18-32(34(28)22-30)36-24(2)12-8-13-25(36)3)31-21-29-17-11-19-33(35(29)23-31)37-26(4)14-9-15-27(37)5;;;/h8-23H,7H2,1-6H3;2*1H3;/q-2;2*-1;+4. The van der Waals surface area contributed by atoms with Crippen molar-refractivity contribution in [1.29, 1.82) is 0 Å². The molecule has 2 heteroatoms. The second kappa shape index (κ2) is 12.6. The molecule has 0 saturated carbocycles. The van der Waals surface area contributed by atoms with Gasteiger partial charge in [-0.05, 0) is 61.1 Å². The van der Waals surface area contributed by atoms with Crippen molar-refractivity contribution in [3.8, 4) is 22.3 Å². The van der Waals surface area contributed by atoms with Crippen molar-refractivity contribution in [2.75, 3.05) is 0 Å². The zero-order valence-corrected chi connectivity index (χ0v) is 30.5. The summed E-state index contributed by atoms with van der Waals surface area (Å²) in [6.45, 7) is 13.9. The van der Waals surface area contributed by atoms with E-state index in [1.165, 1.54) is 82.5 Å². The molecular formula is C39H42HfSi. The SMILES string of the molecule is CC[Si](C)(c1cc2c(-c3c(C)cccc3C)cccc2[cH-]1)c1cc2c(-c3c(C)cccc3C)cccc2[cH-]1.[CH3-].[CH3-].[Hf+4]. The molecule has 0 bridgehead atoms. The third-order valence-corrected chi connectivity index (χ3v) is 13.5. The van der Waals surface area contributed by atoms with E-state index >= 15 is 0 Å². The van der Waals surface area contributed by atoms with Gasteiger partial charge in [0.1, 0.15) is 0 Å². The molecule has 6 aromatic carbocycles. The summed E-state index contributed by atoms with van der Waals surface area (Å²) in [6.07, 6.45) is 0. The van der Waals surface area contributed by atoms with Crippen LogP contribution in [0.15, 0.2) is 97.1 Å². The van der Waals surface area contributed by atoms with E-state index < -0.39 is 8.07 Å². The predicted molar refractivity (Wildman–Crippen MR) is 183 cm³/mol. The molecule has 0 heterocycles. The number of benzene rings is 4. The monoisotopic (exact) mass is 718 g/mol. The third kappa shape index (κ3) is 5.42. The summed E-state index contributed by atoms with van der Waals surface area (Å²) < 4.78 is 0. The first-order chi connectivity index (χ1) is 18.3. The number of fused-ring (bicyclic) bond motifs is 2. The molecule has 206 valence electrons. The zero-order valence-electron chi connectivity index (χ0n) is 25.9. The van der Waals surface area contributed by atoms with Gasteiger partial charge in [0.15, 0.2) is 0 Å². The largest absolute Gasteiger partial charge is 4.00 e. The van der Waals surface area contributed by atoms with Crippen molar-refractivity contribution in [3.63, 3.8) is 0 Å². The zero-order chi connectivity index (χ0) is 26.6. The van der Waals surface area contributed by atoms with E-state index in [2.05, 4.69) is 138 Å². The molecule has 6 rings (SSSR count). The average molecular weight is 717 g/mol. The summed E-state index contributed by atoms with van der Waals surface area (Å²) in [5.74, 6) is 0. The number of rotatable bonds is 5. The molecule has 0 aromatic heterocycles. The van der Waals surface area contributed by atoms with Crippen molar-refractivity contribution in [1.82, 2.24) is 0 Å². The molecule has 0 unspecified atom stereocenters. The molecule has 0 atom stereocenters. The normalized spacial score (nSPS) is 11.2. The van der Waals surface area contributed by atoms with Crippen LogP contribution in [0.5, 0.6) is 0 Å². The first-order valence-corrected chi connectivity index (χ1v) is 16.6. The second-order valence-electron chi connectivity index (χ2n) is 11.3. The van der Waals surface area contributed by atoms with E-state index in [4.69, 9.17) is 0 Å². The van der Waals surface area contributed by atoms with Gasteiger partial charge in [0.05, 0.1) is 8.07 Å². The van der Waals surface area contributed by atoms with Crippen LogP contribution in [0.2, 0.25) is 12.6 Å². The first kappa shape index (κ1) is 32.7. The van der Waals surface area contributed by atoms with Crippen molar-refractivity contribution in [3.05, 3.63) is 134 Å². The van der Waals surface area contributed by atoms with Crippen LogP contribution in [0.3, 0.4) is 0 Å². The number of hydrogen-bond donors (Lipinski definition) is 0. The van der Waals surface area contributed by atoms with Crippen LogP contribution in [0.1, 0.15) is 29.2 Å². The maximum Gasteiger partial charge on any atom is 4.00 e. The average Bonchev–Trinajstić information content (AvgIpc) is 3.54. The van der Waals surface area contributed by atoms with E-state index in [0.29, 0.717) is 0 Å². The Morgan fingerprint density at radius 2 is 0.902 bits per heavy atom. The van der Waals surface area contributed by atoms with Crippen LogP contribution < -0.4 is 10.4 Å². The van der Waals surface area contributed by atoms with Gasteiger partial charge in [-0.2, -0.15) is 12.1 Å². The van der Waals surface area contributed by atoms with Crippen molar-refractivity contribution in [2.45, 2.75) is 47.2 Å². The Kier molecular flexibility index (Phi) is 10.0. The molecule has 41 heavy (non-hydrogen) atoms. The van der Waals surface area contributed by atoms with Gasteiger partial charge in [-0.1, -0.05) is 79.2 Å². The smallest absolute Gasteiger partial charge is 0.358 e. The second-order valence-corrected chi connectivity index (χ2v) is 15.9. The van der Waals surface area contributed by atoms with Crippen LogP contribution in [-0.2, 0) is 25.8 Å². The molecule has 0 N–H and O–H groups in total. The molecule has 0 aliphatic heterocycles. The predicted octanol–water partition coefficient (Wildman–Crippen LogP) is 10.1. The first-order valence-electron chi connectivity index (χ1n) is 13.8. The summed E-state index contributed by atoms with van der Waals surface area (Å²) in [5.41, 5.74) is 10.9. The Hall–Kier alpha value is -2.81. The quantitative estimate of drug-likeness (QED) is 0.123. The molecule has 0 saturated heterocycles. The van der Waals surface area contributed by atoms with Crippen molar-refractivity contribution < 1.29 is 25.8 Å². The van der Waals surface area contributed by atoms with Gasteiger partial charge in [0.25, 0.3) is 0 Å². The van der Waals surface area contributed by atoms with E-state index in [0.717, 1.165) is 0 Å². The van der Waals surface area contributed by atoms with Crippen LogP contribution in [0, 0.1) is 42.5 Å². The van der Waals surface area contributed by atoms with Gasteiger partial charge >= 0.3 is 25.8 Å². The third-order valence-electron chi connectivity index (χ3n) is 8.98. The summed E-state index contributed by atoms with van der Waals surface area (Å²) in [5, 5.41) is 8.58. The van der Waals surface area contributed by atoms with Crippen LogP contribution in [-0.4, -0.2) is 8.07 Å². The Morgan fingerprint density at radius 1 is 0.561 bits per heavy atom. The summed E-state index contributed by atoms with van der Waals surface area (Å²) in [6, 6.07) is 38.1. The Bertz CT molecular complexity index is 1640. The number of hydrogen-bond acceptors (Lipinski definition) is 0. The maximum atomic E-state index is 2.56. The molecule has 0 aliphatic rings. The Labute approximate surface area is 268 Å². The van der Waals surface area contributed by atoms with Crippen molar-refractivity contribution >= 4 is 40.0 Å². The topological polar surface area (TPSA) is 0 Å². The van der Waals surface area contributed by atoms with Gasteiger partial charge in [0, 0.05) is 0 Å². The maximum absolute atomic E-state index is 2.56. The van der Waals surface area contributed by atoms with Crippen LogP contribution in [0.4, 0.5) is 0 Å². The van der Waals surface area contributed by atoms with Crippen LogP contribution in [0.25, 0.3) is 43.8 Å². The van der Waals surface area contributed by atoms with E-state index in [-0.39, 0.29) is 40.7 Å². The summed E-state index contributed by atoms with van der Waals surface area (Å²) in [7, 11) is -1.94. The molecule has 6 aromatic rings. The molecule has 0 nitrogen and oxygen atoms in total. The van der Waals surface area contributed by atoms with E-state index in [1.807, 2.05) is 0 Å². The Balaban J connectivity index is 0.00000154. The minimum Gasteiger partial charge on any atom is -0.358 e. The number of aryl methyl sites for hydroxylation is 4. The fraction of sp³-hybridized carbons (Fsp3) is 0.179. The fourth-order valence-electron chi connectivity index (χ4n) is 6.60. The van der Waals surface area contributed by atoms with E-state index in [1.54, 1.807) is 0 Å². The summed E-state index contributed by atoms with van der Waals surface area (Å²) >= 11 is 0. The summed E-state index contributed by atoms with van der Waals surface area (Å²) in [4.78, 5) is 0. The van der Waals surface area contributed by atoms with E-state index in [9.17, 15) is 0 Å². The van der Waals surface area contributed by atoms with Gasteiger partial charge < -0.3 is 14.9 Å². The molecule has 0 spiro atoms. The van der Waals surface area contributed by atoms with Gasteiger partial charge in [0.2, 0.25) is 0 Å². The molecule has 0 radical (unpaired) electrons. The Morgan fingerprint density at radius 3 is 1.24 bits per heavy atom. The van der Waals surface area contributed by atoms with Gasteiger partial charge in [-0.3, -0.25) is 0 Å². The van der Waals surface area contributed by atoms with Crippen LogP contribution >= 0.6 is 0 Å². The van der Waals surface area contributed by atoms with Crippen molar-refractivity contribution in [2.24, 2.45) is 0 Å². The molecular weight excluding hydrogens is 675 g/mol. The minimum atomic E-state index is -1.94. The minimum absolute atomic E-state index is 0. The molecule has 0 fully saturated rings. The fourth-order valence-corrected chi connectivity index (χ4v) is 9.62.